The van der Waals surface area contributed by atoms with E-state index < -0.39 is 21.9 Å². The van der Waals surface area contributed by atoms with E-state index >= 15 is 0 Å². The van der Waals surface area contributed by atoms with E-state index in [0.29, 0.717) is 33.5 Å². The molecule has 9 nitrogen and oxygen atoms in total. The predicted octanol–water partition coefficient (Wildman–Crippen LogP) is 3.21. The number of hydrogen-bond donors (Lipinski definition) is 1. The maximum Gasteiger partial charge on any atom is 0.326 e. The third-order valence-electron chi connectivity index (χ3n) is 5.18. The zero-order valence-corrected chi connectivity index (χ0v) is 20.7. The average Bonchev–Trinajstić information content (AvgIpc) is 3.14. The maximum absolute atomic E-state index is 13.5. The van der Waals surface area contributed by atoms with Crippen LogP contribution in [-0.4, -0.2) is 38.1 Å². The molecule has 0 aliphatic carbocycles. The summed E-state index contributed by atoms with van der Waals surface area (Å²) in [6.45, 7) is 3.86. The van der Waals surface area contributed by atoms with Crippen LogP contribution >= 0.6 is 11.3 Å². The van der Waals surface area contributed by atoms with Gasteiger partial charge in [0.25, 0.3) is 5.91 Å². The molecule has 4 rings (SSSR count). The minimum absolute atomic E-state index is 0.0832. The standard InChI is InChI=1S/C24H23N3O6S2/c1-3-32-19-12-9-15-7-5-6-8-17(15)22(19)23(29)26-24-27(14-21(28)33-4-2)18-11-10-16(35(25,30)31)13-20(18)34-24/h5-13H,3-4,14H2,1-2H3,(H2,25,30,31). The van der Waals surface area contributed by atoms with Gasteiger partial charge in [0.2, 0.25) is 10.0 Å². The molecule has 2 N–H and O–H groups in total. The molecule has 0 aliphatic heterocycles. The van der Waals surface area contributed by atoms with Crippen molar-refractivity contribution in [1.29, 1.82) is 0 Å². The fraction of sp³-hybridized carbons (Fsp3) is 0.208. The summed E-state index contributed by atoms with van der Waals surface area (Å²) in [7, 11) is -3.94. The number of primary sulfonamides is 1. The molecule has 0 spiro atoms. The van der Waals surface area contributed by atoms with Crippen LogP contribution in [0, 0.1) is 0 Å². The quantitative estimate of drug-likeness (QED) is 0.378. The Hall–Kier alpha value is -3.54. The van der Waals surface area contributed by atoms with Gasteiger partial charge in [-0.15, -0.1) is 0 Å². The molecule has 0 aliphatic rings. The molecule has 0 unspecified atom stereocenters. The van der Waals surface area contributed by atoms with Gasteiger partial charge in [0.1, 0.15) is 12.3 Å². The van der Waals surface area contributed by atoms with Gasteiger partial charge in [0.15, 0.2) is 4.80 Å². The number of amides is 1. The first kappa shape index (κ1) is 24.6. The highest BCUT2D eigenvalue weighted by Gasteiger charge is 2.19. The Labute approximate surface area is 205 Å². The van der Waals surface area contributed by atoms with Crippen molar-refractivity contribution in [1.82, 2.24) is 4.57 Å². The fourth-order valence-electron chi connectivity index (χ4n) is 3.70. The van der Waals surface area contributed by atoms with E-state index in [1.807, 2.05) is 37.3 Å². The summed E-state index contributed by atoms with van der Waals surface area (Å²) in [6, 6.07) is 15.3. The monoisotopic (exact) mass is 513 g/mol. The SMILES string of the molecule is CCOC(=O)Cn1c(=NC(=O)c2c(OCC)ccc3ccccc23)sc2cc(S(N)(=O)=O)ccc21. The third kappa shape index (κ3) is 5.11. The largest absolute Gasteiger partial charge is 0.493 e. The van der Waals surface area contributed by atoms with Crippen molar-refractivity contribution in [2.24, 2.45) is 10.1 Å². The second-order valence-corrected chi connectivity index (χ2v) is 10.0. The van der Waals surface area contributed by atoms with Gasteiger partial charge in [0.05, 0.1) is 33.9 Å². The third-order valence-corrected chi connectivity index (χ3v) is 7.13. The molecule has 0 saturated heterocycles. The number of benzene rings is 3. The molecule has 1 heterocycles. The van der Waals surface area contributed by atoms with Crippen LogP contribution in [0.25, 0.3) is 21.0 Å². The molecule has 0 fully saturated rings. The van der Waals surface area contributed by atoms with E-state index in [1.165, 1.54) is 22.8 Å². The Morgan fingerprint density at radius 1 is 1.06 bits per heavy atom. The maximum atomic E-state index is 13.5. The molecule has 35 heavy (non-hydrogen) atoms. The van der Waals surface area contributed by atoms with Gasteiger partial charge in [-0.1, -0.05) is 41.7 Å². The second kappa shape index (κ2) is 9.98. The van der Waals surface area contributed by atoms with Crippen molar-refractivity contribution in [2.75, 3.05) is 13.2 Å². The number of nitrogens with two attached hydrogens (primary N) is 1. The molecular weight excluding hydrogens is 490 g/mol. The van der Waals surface area contributed by atoms with Crippen LogP contribution in [0.15, 0.2) is 64.5 Å². The molecule has 0 atom stereocenters. The van der Waals surface area contributed by atoms with Crippen LogP contribution in [-0.2, 0) is 26.1 Å². The molecule has 0 saturated carbocycles. The lowest BCUT2D eigenvalue weighted by Gasteiger charge is -2.11. The second-order valence-electron chi connectivity index (χ2n) is 7.46. The predicted molar refractivity (Wildman–Crippen MR) is 133 cm³/mol. The number of aromatic nitrogens is 1. The number of esters is 1. The van der Waals surface area contributed by atoms with Gasteiger partial charge in [-0.05, 0) is 48.9 Å². The van der Waals surface area contributed by atoms with Crippen LogP contribution in [0.1, 0.15) is 24.2 Å². The highest BCUT2D eigenvalue weighted by molar-refractivity contribution is 7.89. The Morgan fingerprint density at radius 2 is 1.83 bits per heavy atom. The van der Waals surface area contributed by atoms with E-state index in [-0.39, 0.29) is 22.8 Å². The number of nitrogens with zero attached hydrogens (tertiary/aromatic N) is 2. The minimum atomic E-state index is -3.94. The van der Waals surface area contributed by atoms with Gasteiger partial charge >= 0.3 is 5.97 Å². The van der Waals surface area contributed by atoms with E-state index in [9.17, 15) is 18.0 Å². The van der Waals surface area contributed by atoms with Crippen LogP contribution in [0.2, 0.25) is 0 Å². The number of fused-ring (bicyclic) bond motifs is 2. The number of hydrogen-bond acceptors (Lipinski definition) is 7. The minimum Gasteiger partial charge on any atom is -0.493 e. The highest BCUT2D eigenvalue weighted by Crippen LogP contribution is 2.29. The Kier molecular flexibility index (Phi) is 7.01. The lowest BCUT2D eigenvalue weighted by molar-refractivity contribution is -0.143. The van der Waals surface area contributed by atoms with E-state index in [4.69, 9.17) is 14.6 Å². The first-order valence-corrected chi connectivity index (χ1v) is 13.1. The van der Waals surface area contributed by atoms with Crippen LogP contribution < -0.4 is 14.7 Å². The van der Waals surface area contributed by atoms with Crippen molar-refractivity contribution < 1.29 is 27.5 Å². The molecule has 0 bridgehead atoms. The van der Waals surface area contributed by atoms with E-state index in [1.54, 1.807) is 13.0 Å². The Balaban J connectivity index is 1.94. The summed E-state index contributed by atoms with van der Waals surface area (Å²) in [6.07, 6.45) is 0. The molecule has 0 radical (unpaired) electrons. The number of thiazole rings is 1. The first-order chi connectivity index (χ1) is 16.7. The topological polar surface area (TPSA) is 130 Å². The van der Waals surface area contributed by atoms with Crippen molar-refractivity contribution in [3.8, 4) is 5.75 Å². The van der Waals surface area contributed by atoms with E-state index in [0.717, 1.165) is 16.7 Å². The van der Waals surface area contributed by atoms with Crippen LogP contribution in [0.3, 0.4) is 0 Å². The average molecular weight is 514 g/mol. The molecular formula is C24H23N3O6S2. The van der Waals surface area contributed by atoms with Gasteiger partial charge in [-0.3, -0.25) is 9.59 Å². The molecule has 3 aromatic carbocycles. The molecule has 182 valence electrons. The lowest BCUT2D eigenvalue weighted by atomic mass is 10.0. The first-order valence-electron chi connectivity index (χ1n) is 10.8. The number of sulfonamides is 1. The van der Waals surface area contributed by atoms with Crippen molar-refractivity contribution in [3.05, 3.63) is 65.0 Å². The number of ether oxygens (including phenoxy) is 2. The fourth-order valence-corrected chi connectivity index (χ4v) is 5.38. The van der Waals surface area contributed by atoms with Gasteiger partial charge < -0.3 is 14.0 Å². The Morgan fingerprint density at radius 3 is 2.54 bits per heavy atom. The van der Waals surface area contributed by atoms with Crippen LogP contribution in [0.4, 0.5) is 0 Å². The van der Waals surface area contributed by atoms with Gasteiger partial charge in [-0.25, -0.2) is 13.6 Å². The summed E-state index contributed by atoms with van der Waals surface area (Å²) in [5.74, 6) is -0.674. The normalized spacial score (nSPS) is 12.3. The lowest BCUT2D eigenvalue weighted by Crippen LogP contribution is -2.23. The number of carbonyl (C=O) groups excluding carboxylic acids is 2. The summed E-state index contributed by atoms with van der Waals surface area (Å²) in [4.78, 5) is 30.3. The number of rotatable bonds is 7. The Bertz CT molecular complexity index is 1620. The zero-order chi connectivity index (χ0) is 25.2. The molecule has 1 aromatic heterocycles. The van der Waals surface area contributed by atoms with Crippen molar-refractivity contribution in [3.63, 3.8) is 0 Å². The molecule has 4 aromatic rings. The number of carbonyl (C=O) groups is 2. The summed E-state index contributed by atoms with van der Waals surface area (Å²) in [5, 5.41) is 6.80. The van der Waals surface area contributed by atoms with Crippen molar-refractivity contribution in [2.45, 2.75) is 25.3 Å². The van der Waals surface area contributed by atoms with Gasteiger partial charge in [0, 0.05) is 0 Å². The highest BCUT2D eigenvalue weighted by atomic mass is 32.2. The summed E-state index contributed by atoms with van der Waals surface area (Å²) >= 11 is 1.07. The summed E-state index contributed by atoms with van der Waals surface area (Å²) in [5.41, 5.74) is 0.820. The smallest absolute Gasteiger partial charge is 0.326 e. The van der Waals surface area contributed by atoms with Crippen molar-refractivity contribution >= 4 is 54.2 Å². The molecule has 11 heteroatoms. The zero-order valence-electron chi connectivity index (χ0n) is 19.1. The van der Waals surface area contributed by atoms with E-state index in [2.05, 4.69) is 4.99 Å². The van der Waals surface area contributed by atoms with Crippen LogP contribution in [0.5, 0.6) is 5.75 Å². The van der Waals surface area contributed by atoms with Gasteiger partial charge in [-0.2, -0.15) is 4.99 Å². The molecule has 1 amide bonds. The summed E-state index contributed by atoms with van der Waals surface area (Å²) < 4.78 is 36.5.